The highest BCUT2D eigenvalue weighted by Crippen LogP contribution is 2.24. The number of nitrogens with two attached hydrogens (primary N) is 1. The Kier molecular flexibility index (Phi) is 5.17. The number of hydrogen-bond donors (Lipinski definition) is 2. The summed E-state index contributed by atoms with van der Waals surface area (Å²) in [5.74, 6) is -0.311. The predicted molar refractivity (Wildman–Crippen MR) is 84.6 cm³/mol. The fourth-order valence-electron chi connectivity index (χ4n) is 1.76. The number of benzene rings is 2. The monoisotopic (exact) mass is 313 g/mol. The van der Waals surface area contributed by atoms with E-state index >= 15 is 0 Å². The van der Waals surface area contributed by atoms with Crippen LogP contribution in [-0.4, -0.2) is 16.5 Å². The van der Waals surface area contributed by atoms with Gasteiger partial charge >= 0.3 is 0 Å². The van der Waals surface area contributed by atoms with Crippen molar-refractivity contribution in [1.82, 2.24) is 0 Å². The second kappa shape index (κ2) is 7.09. The number of nitrogens with one attached hydrogen (secondary N) is 1. The summed E-state index contributed by atoms with van der Waals surface area (Å²) in [5.41, 5.74) is 6.49. The molecule has 0 saturated heterocycles. The van der Waals surface area contributed by atoms with Crippen LogP contribution in [0.1, 0.15) is 12.5 Å². The van der Waals surface area contributed by atoms with E-state index < -0.39 is 17.2 Å². The number of nitrogens with zero attached hydrogens (tertiary/aromatic N) is 1. The minimum atomic E-state index is -1.43. The van der Waals surface area contributed by atoms with Gasteiger partial charge in [-0.15, -0.1) is 0 Å². The van der Waals surface area contributed by atoms with E-state index in [-0.39, 0.29) is 5.91 Å². The summed E-state index contributed by atoms with van der Waals surface area (Å²) in [5, 5.41) is 11.6. The molecule has 2 aromatic rings. The van der Waals surface area contributed by atoms with Gasteiger partial charge in [-0.2, -0.15) is 5.26 Å². The highest BCUT2D eigenvalue weighted by atomic mass is 32.2. The van der Waals surface area contributed by atoms with Gasteiger partial charge in [0.2, 0.25) is 5.91 Å². The van der Waals surface area contributed by atoms with Crippen molar-refractivity contribution >= 4 is 22.8 Å². The third-order valence-electron chi connectivity index (χ3n) is 2.91. The van der Waals surface area contributed by atoms with E-state index in [1.807, 2.05) is 6.07 Å². The molecule has 0 bridgehead atoms. The molecule has 0 saturated carbocycles. The van der Waals surface area contributed by atoms with E-state index in [4.69, 9.17) is 11.0 Å². The van der Waals surface area contributed by atoms with Crippen LogP contribution >= 0.6 is 0 Å². The summed E-state index contributed by atoms with van der Waals surface area (Å²) >= 11 is -1.43. The minimum absolute atomic E-state index is 0.311. The molecular weight excluding hydrogens is 298 g/mol. The first-order valence-corrected chi connectivity index (χ1v) is 7.74. The molecule has 6 heteroatoms. The van der Waals surface area contributed by atoms with Gasteiger partial charge in [-0.25, -0.2) is 0 Å². The fraction of sp³-hybridized carbons (Fsp3) is 0.125. The molecule has 0 aliphatic carbocycles. The summed E-state index contributed by atoms with van der Waals surface area (Å²) in [6.45, 7) is 1.59. The molecular formula is C16H15N3O2S. The fourth-order valence-corrected chi connectivity index (χ4v) is 2.91. The van der Waals surface area contributed by atoms with Gasteiger partial charge in [0.15, 0.2) is 9.79 Å². The molecule has 1 amide bonds. The number of rotatable bonds is 4. The molecule has 22 heavy (non-hydrogen) atoms. The molecule has 112 valence electrons. The summed E-state index contributed by atoms with van der Waals surface area (Å²) in [6.07, 6.45) is 0. The number of nitriles is 1. The first kappa shape index (κ1) is 16.0. The van der Waals surface area contributed by atoms with Crippen molar-refractivity contribution in [3.63, 3.8) is 0 Å². The Balaban J connectivity index is 2.25. The predicted octanol–water partition coefficient (Wildman–Crippen LogP) is 2.01. The van der Waals surface area contributed by atoms with Crippen molar-refractivity contribution in [2.45, 2.75) is 22.8 Å². The zero-order valence-corrected chi connectivity index (χ0v) is 12.8. The van der Waals surface area contributed by atoms with Crippen molar-refractivity contribution in [3.05, 3.63) is 54.1 Å². The first-order valence-electron chi connectivity index (χ1n) is 6.59. The molecule has 2 aromatic carbocycles. The van der Waals surface area contributed by atoms with Crippen LogP contribution in [0.15, 0.2) is 58.3 Å². The Labute approximate surface area is 131 Å². The van der Waals surface area contributed by atoms with Crippen LogP contribution < -0.4 is 11.1 Å². The summed E-state index contributed by atoms with van der Waals surface area (Å²) in [6, 6.07) is 14.8. The average Bonchev–Trinajstić information content (AvgIpc) is 2.54. The van der Waals surface area contributed by atoms with Gasteiger partial charge in [-0.3, -0.25) is 4.79 Å². The van der Waals surface area contributed by atoms with Crippen LogP contribution in [0.4, 0.5) is 5.69 Å². The van der Waals surface area contributed by atoms with E-state index in [1.54, 1.807) is 55.5 Å². The van der Waals surface area contributed by atoms with Gasteiger partial charge in [0.05, 0.1) is 17.7 Å². The lowest BCUT2D eigenvalue weighted by Crippen LogP contribution is -2.32. The Bertz CT molecular complexity index is 725. The smallest absolute Gasteiger partial charge is 0.241 e. The molecule has 0 aromatic heterocycles. The molecule has 2 unspecified atom stereocenters. The third-order valence-corrected chi connectivity index (χ3v) is 4.27. The highest BCUT2D eigenvalue weighted by molar-refractivity contribution is 7.91. The van der Waals surface area contributed by atoms with Crippen LogP contribution in [0, 0.1) is 11.3 Å². The summed E-state index contributed by atoms with van der Waals surface area (Å²) < 4.78 is 12.6. The molecule has 5 nitrogen and oxygen atoms in total. The molecule has 0 aliphatic heterocycles. The van der Waals surface area contributed by atoms with Crippen LogP contribution in [0.2, 0.25) is 0 Å². The third kappa shape index (κ3) is 3.86. The second-order valence-electron chi connectivity index (χ2n) is 4.71. The van der Waals surface area contributed by atoms with Crippen LogP contribution in [0.25, 0.3) is 0 Å². The van der Waals surface area contributed by atoms with Gasteiger partial charge in [0, 0.05) is 29.0 Å². The van der Waals surface area contributed by atoms with Crippen molar-refractivity contribution < 1.29 is 9.35 Å². The molecule has 0 radical (unpaired) electrons. The van der Waals surface area contributed by atoms with Crippen molar-refractivity contribution in [1.29, 1.82) is 5.26 Å². The maximum atomic E-state index is 12.6. The Hall–Kier alpha value is -2.33. The molecule has 0 aliphatic rings. The highest BCUT2D eigenvalue weighted by Gasteiger charge is 2.16. The number of amides is 1. The molecule has 0 spiro atoms. The lowest BCUT2D eigenvalue weighted by atomic mass is 10.2. The zero-order chi connectivity index (χ0) is 16.1. The molecule has 2 atom stereocenters. The van der Waals surface area contributed by atoms with Gasteiger partial charge < -0.3 is 15.6 Å². The van der Waals surface area contributed by atoms with Gasteiger partial charge in [-0.1, -0.05) is 12.1 Å². The quantitative estimate of drug-likeness (QED) is 0.843. The van der Waals surface area contributed by atoms with Crippen molar-refractivity contribution in [3.8, 4) is 6.07 Å². The lowest BCUT2D eigenvalue weighted by Gasteiger charge is -2.12. The molecule has 3 N–H and O–H groups in total. The Morgan fingerprint density at radius 2 is 1.91 bits per heavy atom. The standard InChI is InChI=1S/C16H15N3O2S/c1-11(18)16(20)19-13-5-3-7-15(9-13)22(21)14-6-2-4-12(8-14)10-17/h2-9,11H,18H2,1H3,(H,19,20). The van der Waals surface area contributed by atoms with E-state index in [0.29, 0.717) is 21.0 Å². The minimum Gasteiger partial charge on any atom is -0.606 e. The normalized spacial score (nSPS) is 13.0. The summed E-state index contributed by atoms with van der Waals surface area (Å²) in [4.78, 5) is 12.7. The van der Waals surface area contributed by atoms with Crippen molar-refractivity contribution in [2.75, 3.05) is 5.32 Å². The first-order chi connectivity index (χ1) is 10.5. The SMILES string of the molecule is CC(N)C(=O)Nc1cccc([S+]([O-])c2cccc(C#N)c2)c1. The van der Waals surface area contributed by atoms with Gasteiger partial charge in [-0.05, 0) is 31.2 Å². The van der Waals surface area contributed by atoms with Crippen LogP contribution in [-0.2, 0) is 16.0 Å². The van der Waals surface area contributed by atoms with E-state index in [9.17, 15) is 9.35 Å². The van der Waals surface area contributed by atoms with E-state index in [0.717, 1.165) is 0 Å². The van der Waals surface area contributed by atoms with Gasteiger partial charge in [0.1, 0.15) is 0 Å². The zero-order valence-electron chi connectivity index (χ0n) is 11.9. The largest absolute Gasteiger partial charge is 0.606 e. The number of hydrogen-bond acceptors (Lipinski definition) is 4. The number of carbonyl (C=O) groups is 1. The maximum Gasteiger partial charge on any atom is 0.241 e. The van der Waals surface area contributed by atoms with Crippen molar-refractivity contribution in [2.24, 2.45) is 5.73 Å². The number of carbonyl (C=O) groups excluding carboxylic acids is 1. The Morgan fingerprint density at radius 3 is 2.55 bits per heavy atom. The molecule has 2 rings (SSSR count). The number of anilines is 1. The van der Waals surface area contributed by atoms with Crippen LogP contribution in [0.3, 0.4) is 0 Å². The summed E-state index contributed by atoms with van der Waals surface area (Å²) in [7, 11) is 0. The second-order valence-corrected chi connectivity index (χ2v) is 6.19. The Morgan fingerprint density at radius 1 is 1.27 bits per heavy atom. The maximum absolute atomic E-state index is 12.6. The van der Waals surface area contributed by atoms with E-state index in [1.165, 1.54) is 0 Å². The average molecular weight is 313 g/mol. The van der Waals surface area contributed by atoms with Crippen LogP contribution in [0.5, 0.6) is 0 Å². The topological polar surface area (TPSA) is 102 Å². The van der Waals surface area contributed by atoms with E-state index in [2.05, 4.69) is 5.32 Å². The molecule has 0 fully saturated rings. The molecule has 0 heterocycles. The lowest BCUT2D eigenvalue weighted by molar-refractivity contribution is -0.117. The van der Waals surface area contributed by atoms with Gasteiger partial charge in [0.25, 0.3) is 0 Å².